The summed E-state index contributed by atoms with van der Waals surface area (Å²) in [4.78, 5) is 29.9. The van der Waals surface area contributed by atoms with Crippen molar-refractivity contribution in [2.24, 2.45) is 0 Å². The van der Waals surface area contributed by atoms with Gasteiger partial charge in [0.1, 0.15) is 24.8 Å². The van der Waals surface area contributed by atoms with Gasteiger partial charge < -0.3 is 24.2 Å². The van der Waals surface area contributed by atoms with Crippen LogP contribution in [-0.2, 0) is 14.3 Å². The van der Waals surface area contributed by atoms with Gasteiger partial charge in [-0.05, 0) is 42.3 Å². The van der Waals surface area contributed by atoms with Gasteiger partial charge in [0.05, 0.1) is 24.8 Å². The van der Waals surface area contributed by atoms with Crippen LogP contribution in [0, 0.1) is 5.82 Å². The SMILES string of the molecule is O=C1C(=O)N(CCCN2CCOCC2)[C@H](c2cccc(F)c2)/C1=C(\O)c1ccc2c(c1)OCCO2. The number of fused-ring (bicyclic) bond motifs is 1. The summed E-state index contributed by atoms with van der Waals surface area (Å²) in [6, 6.07) is 9.73. The molecule has 0 aliphatic carbocycles. The van der Waals surface area contributed by atoms with E-state index >= 15 is 0 Å². The Labute approximate surface area is 202 Å². The predicted octanol–water partition coefficient (Wildman–Crippen LogP) is 2.74. The maximum Gasteiger partial charge on any atom is 0.295 e. The molecule has 3 aliphatic heterocycles. The topological polar surface area (TPSA) is 88.5 Å². The van der Waals surface area contributed by atoms with Crippen LogP contribution in [0.1, 0.15) is 23.6 Å². The number of aliphatic hydroxyl groups is 1. The van der Waals surface area contributed by atoms with Crippen LogP contribution >= 0.6 is 0 Å². The number of Topliss-reactive ketones (excluding diaryl/α,β-unsaturated/α-hetero) is 1. The van der Waals surface area contributed by atoms with Crippen molar-refractivity contribution < 1.29 is 33.3 Å². The van der Waals surface area contributed by atoms with Gasteiger partial charge in [0.2, 0.25) is 0 Å². The molecule has 5 rings (SSSR count). The fourth-order valence-electron chi connectivity index (χ4n) is 4.77. The Balaban J connectivity index is 1.48. The smallest absolute Gasteiger partial charge is 0.295 e. The third kappa shape index (κ3) is 4.74. The third-order valence-corrected chi connectivity index (χ3v) is 6.50. The summed E-state index contributed by atoms with van der Waals surface area (Å²) >= 11 is 0. The number of amides is 1. The quantitative estimate of drug-likeness (QED) is 0.385. The van der Waals surface area contributed by atoms with Crippen molar-refractivity contribution >= 4 is 17.4 Å². The zero-order valence-corrected chi connectivity index (χ0v) is 19.2. The Morgan fingerprint density at radius 3 is 2.51 bits per heavy atom. The molecule has 0 bridgehead atoms. The van der Waals surface area contributed by atoms with Crippen molar-refractivity contribution in [1.29, 1.82) is 0 Å². The van der Waals surface area contributed by atoms with Crippen LogP contribution in [-0.4, -0.2) is 79.2 Å². The fourth-order valence-corrected chi connectivity index (χ4v) is 4.77. The lowest BCUT2D eigenvalue weighted by molar-refractivity contribution is -0.140. The average molecular weight is 483 g/mol. The number of likely N-dealkylation sites (tertiary alicyclic amines) is 1. The van der Waals surface area contributed by atoms with Crippen LogP contribution in [0.25, 0.3) is 5.76 Å². The molecule has 8 nitrogen and oxygen atoms in total. The first-order valence-corrected chi connectivity index (χ1v) is 11.8. The van der Waals surface area contributed by atoms with Gasteiger partial charge in [-0.25, -0.2) is 4.39 Å². The van der Waals surface area contributed by atoms with Crippen molar-refractivity contribution in [2.75, 3.05) is 52.6 Å². The molecule has 1 N–H and O–H groups in total. The number of hydrogen-bond acceptors (Lipinski definition) is 7. The highest BCUT2D eigenvalue weighted by molar-refractivity contribution is 6.46. The van der Waals surface area contributed by atoms with E-state index in [2.05, 4.69) is 4.90 Å². The van der Waals surface area contributed by atoms with Gasteiger partial charge in [-0.15, -0.1) is 0 Å². The number of aliphatic hydroxyl groups excluding tert-OH is 1. The minimum absolute atomic E-state index is 0.0661. The lowest BCUT2D eigenvalue weighted by Gasteiger charge is -2.29. The second-order valence-electron chi connectivity index (χ2n) is 8.71. The number of ether oxygens (including phenoxy) is 3. The molecule has 3 heterocycles. The molecule has 0 spiro atoms. The Hall–Kier alpha value is -3.43. The molecule has 35 heavy (non-hydrogen) atoms. The first-order valence-electron chi connectivity index (χ1n) is 11.8. The molecule has 3 aliphatic rings. The summed E-state index contributed by atoms with van der Waals surface area (Å²) < 4.78 is 30.7. The van der Waals surface area contributed by atoms with Crippen molar-refractivity contribution in [3.05, 3.63) is 65.0 Å². The highest BCUT2D eigenvalue weighted by atomic mass is 19.1. The van der Waals surface area contributed by atoms with Gasteiger partial charge in [0, 0.05) is 31.7 Å². The fraction of sp³-hybridized carbons (Fsp3) is 0.385. The van der Waals surface area contributed by atoms with E-state index in [9.17, 15) is 19.1 Å². The minimum atomic E-state index is -0.899. The summed E-state index contributed by atoms with van der Waals surface area (Å²) in [5, 5.41) is 11.2. The maximum atomic E-state index is 14.2. The van der Waals surface area contributed by atoms with Crippen LogP contribution in [0.2, 0.25) is 0 Å². The van der Waals surface area contributed by atoms with Gasteiger partial charge in [-0.1, -0.05) is 12.1 Å². The largest absolute Gasteiger partial charge is 0.507 e. The summed E-state index contributed by atoms with van der Waals surface area (Å²) in [7, 11) is 0. The van der Waals surface area contributed by atoms with E-state index in [-0.39, 0.29) is 11.3 Å². The van der Waals surface area contributed by atoms with Gasteiger partial charge in [-0.2, -0.15) is 0 Å². The van der Waals surface area contributed by atoms with Gasteiger partial charge in [0.25, 0.3) is 11.7 Å². The van der Waals surface area contributed by atoms with E-state index in [1.54, 1.807) is 24.3 Å². The number of halogens is 1. The number of benzene rings is 2. The van der Waals surface area contributed by atoms with E-state index in [1.165, 1.54) is 23.1 Å². The van der Waals surface area contributed by atoms with Crippen molar-refractivity contribution in [3.8, 4) is 11.5 Å². The number of hydrogen-bond donors (Lipinski definition) is 1. The Kier molecular flexibility index (Phi) is 6.70. The predicted molar refractivity (Wildman–Crippen MR) is 125 cm³/mol. The van der Waals surface area contributed by atoms with E-state index in [0.29, 0.717) is 62.0 Å². The molecule has 9 heteroatoms. The van der Waals surface area contributed by atoms with Crippen LogP contribution in [0.4, 0.5) is 4.39 Å². The molecule has 0 unspecified atom stereocenters. The molecular weight excluding hydrogens is 455 g/mol. The van der Waals surface area contributed by atoms with E-state index < -0.39 is 23.5 Å². The molecule has 0 saturated carbocycles. The highest BCUT2D eigenvalue weighted by Gasteiger charge is 2.46. The highest BCUT2D eigenvalue weighted by Crippen LogP contribution is 2.41. The van der Waals surface area contributed by atoms with Gasteiger partial charge in [0.15, 0.2) is 11.5 Å². The molecule has 2 fully saturated rings. The lowest BCUT2D eigenvalue weighted by atomic mass is 9.95. The molecular formula is C26H27FN2O6. The molecule has 2 aromatic carbocycles. The Morgan fingerprint density at radius 2 is 1.74 bits per heavy atom. The normalized spacial score (nSPS) is 22.0. The molecule has 2 aromatic rings. The minimum Gasteiger partial charge on any atom is -0.507 e. The molecule has 2 saturated heterocycles. The van der Waals surface area contributed by atoms with E-state index in [1.807, 2.05) is 0 Å². The maximum absolute atomic E-state index is 14.2. The molecule has 0 radical (unpaired) electrons. The van der Waals surface area contributed by atoms with Gasteiger partial charge >= 0.3 is 0 Å². The number of nitrogens with zero attached hydrogens (tertiary/aromatic N) is 2. The summed E-state index contributed by atoms with van der Waals surface area (Å²) in [6.45, 7) is 4.80. The molecule has 1 atom stereocenters. The van der Waals surface area contributed by atoms with Crippen molar-refractivity contribution in [2.45, 2.75) is 12.5 Å². The summed E-state index contributed by atoms with van der Waals surface area (Å²) in [6.07, 6.45) is 0.628. The number of rotatable bonds is 6. The van der Waals surface area contributed by atoms with Crippen LogP contribution in [0.5, 0.6) is 11.5 Å². The number of carbonyl (C=O) groups excluding carboxylic acids is 2. The Morgan fingerprint density at radius 1 is 0.971 bits per heavy atom. The second kappa shape index (κ2) is 10.1. The second-order valence-corrected chi connectivity index (χ2v) is 8.71. The van der Waals surface area contributed by atoms with Crippen molar-refractivity contribution in [3.63, 3.8) is 0 Å². The monoisotopic (exact) mass is 482 g/mol. The number of morpholine rings is 1. The van der Waals surface area contributed by atoms with Crippen LogP contribution < -0.4 is 9.47 Å². The van der Waals surface area contributed by atoms with Crippen molar-refractivity contribution in [1.82, 2.24) is 9.80 Å². The zero-order valence-electron chi connectivity index (χ0n) is 19.2. The first-order chi connectivity index (χ1) is 17.0. The zero-order chi connectivity index (χ0) is 24.4. The summed E-state index contributed by atoms with van der Waals surface area (Å²) in [5.74, 6) is -1.33. The number of carbonyl (C=O) groups is 2. The average Bonchev–Trinajstić information content (AvgIpc) is 3.13. The van der Waals surface area contributed by atoms with E-state index in [4.69, 9.17) is 14.2 Å². The number of ketones is 1. The molecule has 0 aromatic heterocycles. The first kappa shape index (κ1) is 23.3. The van der Waals surface area contributed by atoms with E-state index in [0.717, 1.165) is 19.6 Å². The molecule has 184 valence electrons. The summed E-state index contributed by atoms with van der Waals surface area (Å²) in [5.41, 5.74) is 0.681. The van der Waals surface area contributed by atoms with Crippen LogP contribution in [0.15, 0.2) is 48.0 Å². The van der Waals surface area contributed by atoms with Gasteiger partial charge in [-0.3, -0.25) is 14.5 Å². The Bertz CT molecular complexity index is 1160. The third-order valence-electron chi connectivity index (χ3n) is 6.50. The lowest BCUT2D eigenvalue weighted by Crippen LogP contribution is -2.39. The van der Waals surface area contributed by atoms with Crippen LogP contribution in [0.3, 0.4) is 0 Å². The standard InChI is InChI=1S/C26H27FN2O6/c27-19-4-1-3-17(15-19)23-22(24(30)18-5-6-20-21(16-18)35-14-13-34-20)25(31)26(32)29(23)8-2-7-28-9-11-33-12-10-28/h1,3-6,15-16,23,30H,2,7-14H2/b24-22+/t23-/m1/s1. The molecule has 1 amide bonds.